The molecule has 0 unspecified atom stereocenters. The number of allylic oxidation sites excluding steroid dienone is 1. The Kier molecular flexibility index (Phi) is 5.51. The van der Waals surface area contributed by atoms with Crippen molar-refractivity contribution in [3.63, 3.8) is 0 Å². The molecule has 0 atom stereocenters. The average molecular weight is 353 g/mol. The molecule has 0 fully saturated rings. The lowest BCUT2D eigenvalue weighted by Gasteiger charge is -2.05. The molecule has 0 bridgehead atoms. The Balaban J connectivity index is 1.74. The van der Waals surface area contributed by atoms with Gasteiger partial charge in [0.1, 0.15) is 5.69 Å². The first-order valence-electron chi connectivity index (χ1n) is 8.35. The van der Waals surface area contributed by atoms with Crippen molar-refractivity contribution < 1.29 is 0 Å². The Hall–Kier alpha value is -2.59. The van der Waals surface area contributed by atoms with Gasteiger partial charge in [0.25, 0.3) is 0 Å². The van der Waals surface area contributed by atoms with Gasteiger partial charge in [0, 0.05) is 35.2 Å². The number of imidazole rings is 1. The average Bonchev–Trinajstić information content (AvgIpc) is 3.10. The van der Waals surface area contributed by atoms with Crippen molar-refractivity contribution in [2.24, 2.45) is 5.73 Å². The molecule has 0 aliphatic rings. The van der Waals surface area contributed by atoms with E-state index in [0.717, 1.165) is 52.6 Å². The number of nitrogens with zero attached hydrogens (tertiary/aromatic N) is 3. The number of hydrogen-bond acceptors (Lipinski definition) is 3. The summed E-state index contributed by atoms with van der Waals surface area (Å²) in [7, 11) is 0. The first kappa shape index (κ1) is 17.2. The van der Waals surface area contributed by atoms with E-state index in [1.807, 2.05) is 55.0 Å². The van der Waals surface area contributed by atoms with E-state index < -0.39 is 0 Å². The first-order chi connectivity index (χ1) is 12.2. The molecule has 0 saturated carbocycles. The fourth-order valence-electron chi connectivity index (χ4n) is 2.65. The molecule has 2 N–H and O–H groups in total. The van der Waals surface area contributed by atoms with Crippen LogP contribution in [0, 0.1) is 0 Å². The zero-order valence-electron chi connectivity index (χ0n) is 14.2. The molecule has 4 nitrogen and oxygen atoms in total. The lowest BCUT2D eigenvalue weighted by Crippen LogP contribution is -1.99. The molecule has 5 heteroatoms. The Morgan fingerprint density at radius 2 is 2.04 bits per heavy atom. The predicted octanol–water partition coefficient (Wildman–Crippen LogP) is 4.55. The maximum Gasteiger partial charge on any atom is 0.107 e. The summed E-state index contributed by atoms with van der Waals surface area (Å²) in [4.78, 5) is 8.89. The number of rotatable bonds is 6. The molecule has 25 heavy (non-hydrogen) atoms. The van der Waals surface area contributed by atoms with Gasteiger partial charge in [0.2, 0.25) is 0 Å². The minimum atomic E-state index is 0.768. The highest BCUT2D eigenvalue weighted by molar-refractivity contribution is 6.31. The monoisotopic (exact) mass is 352 g/mol. The second-order valence-corrected chi connectivity index (χ2v) is 6.24. The van der Waals surface area contributed by atoms with Gasteiger partial charge in [-0.3, -0.25) is 4.98 Å². The predicted molar refractivity (Wildman–Crippen MR) is 103 cm³/mol. The standard InChI is InChI=1S/C20H21ClN4/c1-2-5-18(22)16-8-10-23-19(12-16)20-13-25(14-24-20)11-9-15-6-3-4-7-17(15)21/h3-8,10,12-14H,2,9,11,22H2,1H3/b18-5-. The van der Waals surface area contributed by atoms with E-state index in [1.165, 1.54) is 0 Å². The number of hydrogen-bond donors (Lipinski definition) is 1. The number of nitrogens with two attached hydrogens (primary N) is 1. The summed E-state index contributed by atoms with van der Waals surface area (Å²) in [5.74, 6) is 0. The van der Waals surface area contributed by atoms with Gasteiger partial charge in [-0.1, -0.05) is 42.8 Å². The van der Waals surface area contributed by atoms with E-state index in [0.29, 0.717) is 0 Å². The van der Waals surface area contributed by atoms with Crippen molar-refractivity contribution in [3.05, 3.63) is 77.3 Å². The minimum Gasteiger partial charge on any atom is -0.399 e. The molecular formula is C20H21ClN4. The van der Waals surface area contributed by atoms with Crippen LogP contribution in [0.1, 0.15) is 24.5 Å². The normalized spacial score (nSPS) is 11.7. The molecular weight excluding hydrogens is 332 g/mol. The highest BCUT2D eigenvalue weighted by Crippen LogP contribution is 2.20. The second-order valence-electron chi connectivity index (χ2n) is 5.84. The maximum absolute atomic E-state index is 6.21. The van der Waals surface area contributed by atoms with E-state index in [1.54, 1.807) is 6.20 Å². The van der Waals surface area contributed by atoms with Crippen LogP contribution in [-0.2, 0) is 13.0 Å². The van der Waals surface area contributed by atoms with Gasteiger partial charge >= 0.3 is 0 Å². The Morgan fingerprint density at radius 3 is 2.84 bits per heavy atom. The fraction of sp³-hybridized carbons (Fsp3) is 0.200. The van der Waals surface area contributed by atoms with E-state index in [-0.39, 0.29) is 0 Å². The zero-order valence-corrected chi connectivity index (χ0v) is 14.9. The second kappa shape index (κ2) is 7.99. The van der Waals surface area contributed by atoms with Crippen LogP contribution in [0.5, 0.6) is 0 Å². The molecule has 0 aliphatic heterocycles. The van der Waals surface area contributed by atoms with Crippen LogP contribution >= 0.6 is 11.6 Å². The summed E-state index contributed by atoms with van der Waals surface area (Å²) in [5.41, 5.74) is 10.6. The van der Waals surface area contributed by atoms with Crippen LogP contribution in [0.4, 0.5) is 0 Å². The topological polar surface area (TPSA) is 56.7 Å². The van der Waals surface area contributed by atoms with E-state index in [4.69, 9.17) is 17.3 Å². The number of aromatic nitrogens is 3. The van der Waals surface area contributed by atoms with Crippen LogP contribution in [0.3, 0.4) is 0 Å². The van der Waals surface area contributed by atoms with Crippen LogP contribution in [-0.4, -0.2) is 14.5 Å². The third-order valence-corrected chi connectivity index (χ3v) is 4.38. The Bertz CT molecular complexity index is 883. The molecule has 2 heterocycles. The van der Waals surface area contributed by atoms with Crippen molar-refractivity contribution in [2.45, 2.75) is 26.3 Å². The lowest BCUT2D eigenvalue weighted by atomic mass is 10.1. The maximum atomic E-state index is 6.21. The number of pyridine rings is 1. The number of benzene rings is 1. The van der Waals surface area contributed by atoms with E-state index in [9.17, 15) is 0 Å². The minimum absolute atomic E-state index is 0.768. The van der Waals surface area contributed by atoms with Gasteiger partial charge in [-0.25, -0.2) is 4.98 Å². The van der Waals surface area contributed by atoms with E-state index in [2.05, 4.69) is 21.5 Å². The third kappa shape index (κ3) is 4.28. The molecule has 0 amide bonds. The first-order valence-corrected chi connectivity index (χ1v) is 8.72. The quantitative estimate of drug-likeness (QED) is 0.708. The van der Waals surface area contributed by atoms with Crippen LogP contribution < -0.4 is 5.73 Å². The molecule has 0 saturated heterocycles. The SMILES string of the molecule is CC/C=C(\N)c1ccnc(-c2cn(CCc3ccccc3Cl)cn2)c1. The Morgan fingerprint density at radius 1 is 1.20 bits per heavy atom. The summed E-state index contributed by atoms with van der Waals surface area (Å²) in [6, 6.07) is 11.8. The van der Waals surface area contributed by atoms with Gasteiger partial charge in [-0.05, 0) is 36.6 Å². The highest BCUT2D eigenvalue weighted by Gasteiger charge is 2.07. The molecule has 2 aromatic heterocycles. The van der Waals surface area contributed by atoms with Crippen molar-refractivity contribution in [2.75, 3.05) is 0 Å². The van der Waals surface area contributed by atoms with Crippen molar-refractivity contribution in [1.29, 1.82) is 0 Å². The van der Waals surface area contributed by atoms with Crippen molar-refractivity contribution >= 4 is 17.3 Å². The van der Waals surface area contributed by atoms with E-state index >= 15 is 0 Å². The fourth-order valence-corrected chi connectivity index (χ4v) is 2.88. The van der Waals surface area contributed by atoms with Gasteiger partial charge in [0.15, 0.2) is 0 Å². The molecule has 128 valence electrons. The molecule has 3 aromatic rings. The summed E-state index contributed by atoms with van der Waals surface area (Å²) in [6.07, 6.45) is 9.36. The largest absolute Gasteiger partial charge is 0.399 e. The summed E-state index contributed by atoms with van der Waals surface area (Å²) in [6.45, 7) is 2.88. The molecule has 0 spiro atoms. The van der Waals surface area contributed by atoms with Gasteiger partial charge in [-0.15, -0.1) is 0 Å². The third-order valence-electron chi connectivity index (χ3n) is 4.01. The zero-order chi connectivity index (χ0) is 17.6. The van der Waals surface area contributed by atoms with Crippen LogP contribution in [0.2, 0.25) is 5.02 Å². The van der Waals surface area contributed by atoms with Crippen molar-refractivity contribution in [1.82, 2.24) is 14.5 Å². The van der Waals surface area contributed by atoms with Gasteiger partial charge in [-0.2, -0.15) is 0 Å². The molecule has 0 aliphatic carbocycles. The molecule has 0 radical (unpaired) electrons. The summed E-state index contributed by atoms with van der Waals surface area (Å²) in [5, 5.41) is 0.801. The number of aryl methyl sites for hydroxylation is 2. The molecule has 1 aromatic carbocycles. The summed E-state index contributed by atoms with van der Waals surface area (Å²) >= 11 is 6.21. The van der Waals surface area contributed by atoms with Gasteiger partial charge < -0.3 is 10.3 Å². The molecule has 3 rings (SSSR count). The van der Waals surface area contributed by atoms with Crippen molar-refractivity contribution in [3.8, 4) is 11.4 Å². The lowest BCUT2D eigenvalue weighted by molar-refractivity contribution is 0.696. The van der Waals surface area contributed by atoms with Gasteiger partial charge in [0.05, 0.1) is 12.0 Å². The Labute approximate surface area is 153 Å². The van der Waals surface area contributed by atoms with Crippen LogP contribution in [0.15, 0.2) is 61.2 Å². The summed E-state index contributed by atoms with van der Waals surface area (Å²) < 4.78 is 2.05. The highest BCUT2D eigenvalue weighted by atomic mass is 35.5. The number of halogens is 1. The smallest absolute Gasteiger partial charge is 0.107 e. The van der Waals surface area contributed by atoms with Crippen LogP contribution in [0.25, 0.3) is 17.1 Å².